The number of thioether (sulfide) groups is 1. The number of carboxylic acids is 1. The smallest absolute Gasteiger partial charge is 0.327 e. The van der Waals surface area contributed by atoms with Gasteiger partial charge in [0.15, 0.2) is 0 Å². The fourth-order valence-corrected chi connectivity index (χ4v) is 4.71. The zero-order valence-electron chi connectivity index (χ0n) is 13.3. The molecule has 2 aliphatic rings. The van der Waals surface area contributed by atoms with E-state index >= 15 is 0 Å². The second kappa shape index (κ2) is 5.98. The summed E-state index contributed by atoms with van der Waals surface area (Å²) in [6, 6.07) is 7.82. The molecule has 2 N–H and O–H groups in total. The first kappa shape index (κ1) is 16.6. The molecule has 2 amide bonds. The number of hydrogen-bond donors (Lipinski definition) is 2. The molecular weight excluding hydrogens is 328 g/mol. The Balaban J connectivity index is 1.66. The minimum absolute atomic E-state index is 0.331. The standard InChI is InChI=1S/C17H18N2O4S/c1-17(2)13(16(22)23)19-14(21)12(15(19)24-17)18-11(20)9-8-10-6-4-3-5-7-10/h3-9,12-13,15H,1-2H3,(H,18,20)(H,22,23)/b9-8+/t12-,13+,15+/m1/s1. The number of amides is 2. The van der Waals surface area contributed by atoms with Crippen molar-refractivity contribution in [3.8, 4) is 0 Å². The Hall–Kier alpha value is -2.28. The van der Waals surface area contributed by atoms with Gasteiger partial charge in [-0.3, -0.25) is 9.59 Å². The Morgan fingerprint density at radius 1 is 1.29 bits per heavy atom. The van der Waals surface area contributed by atoms with E-state index in [0.717, 1.165) is 5.56 Å². The van der Waals surface area contributed by atoms with Crippen LogP contribution in [-0.4, -0.2) is 50.0 Å². The van der Waals surface area contributed by atoms with Gasteiger partial charge in [-0.15, -0.1) is 11.8 Å². The molecule has 3 atom stereocenters. The molecule has 24 heavy (non-hydrogen) atoms. The summed E-state index contributed by atoms with van der Waals surface area (Å²) in [5.41, 5.74) is 0.886. The number of carbonyl (C=O) groups is 3. The molecule has 126 valence electrons. The number of rotatable bonds is 4. The van der Waals surface area contributed by atoms with Crippen molar-refractivity contribution in [2.24, 2.45) is 0 Å². The SMILES string of the molecule is CC1(C)S[C@H]2[C@H](NC(=O)/C=C/c3ccccc3)C(=O)N2[C@H]1C(=O)O. The summed E-state index contributed by atoms with van der Waals surface area (Å²) in [6.45, 7) is 3.60. The van der Waals surface area contributed by atoms with Crippen LogP contribution in [-0.2, 0) is 14.4 Å². The predicted octanol–water partition coefficient (Wildman–Crippen LogP) is 1.33. The van der Waals surface area contributed by atoms with Gasteiger partial charge in [0.05, 0.1) is 0 Å². The summed E-state index contributed by atoms with van der Waals surface area (Å²) in [6.07, 6.45) is 3.05. The first-order valence-electron chi connectivity index (χ1n) is 7.58. The third kappa shape index (κ3) is 2.80. The normalized spacial score (nSPS) is 27.7. The fourth-order valence-electron chi connectivity index (χ4n) is 3.08. The first-order chi connectivity index (χ1) is 11.3. The molecule has 0 saturated carbocycles. The second-order valence-corrected chi connectivity index (χ2v) is 8.10. The van der Waals surface area contributed by atoms with E-state index in [1.807, 2.05) is 30.3 Å². The summed E-state index contributed by atoms with van der Waals surface area (Å²) in [5, 5.41) is 11.7. The zero-order valence-corrected chi connectivity index (χ0v) is 14.1. The molecule has 0 aliphatic carbocycles. The Kier molecular flexibility index (Phi) is 4.13. The van der Waals surface area contributed by atoms with Crippen molar-refractivity contribution in [3.63, 3.8) is 0 Å². The molecule has 1 aromatic carbocycles. The quantitative estimate of drug-likeness (QED) is 0.634. The van der Waals surface area contributed by atoms with Gasteiger partial charge in [0.1, 0.15) is 17.5 Å². The minimum atomic E-state index is -1.02. The summed E-state index contributed by atoms with van der Waals surface area (Å²) in [7, 11) is 0. The number of benzene rings is 1. The van der Waals surface area contributed by atoms with E-state index in [1.165, 1.54) is 22.7 Å². The van der Waals surface area contributed by atoms with Crippen LogP contribution in [0.15, 0.2) is 36.4 Å². The average Bonchev–Trinajstić information content (AvgIpc) is 2.80. The van der Waals surface area contributed by atoms with Gasteiger partial charge in [-0.2, -0.15) is 0 Å². The number of carboxylic acid groups (broad SMARTS) is 1. The molecule has 2 fully saturated rings. The van der Waals surface area contributed by atoms with Crippen molar-refractivity contribution in [3.05, 3.63) is 42.0 Å². The summed E-state index contributed by atoms with van der Waals surface area (Å²) >= 11 is 1.41. The molecule has 2 heterocycles. The van der Waals surface area contributed by atoms with Crippen molar-refractivity contribution in [2.75, 3.05) is 0 Å². The largest absolute Gasteiger partial charge is 0.480 e. The van der Waals surface area contributed by atoms with Gasteiger partial charge >= 0.3 is 5.97 Å². The van der Waals surface area contributed by atoms with Gasteiger partial charge in [-0.25, -0.2) is 4.79 Å². The van der Waals surface area contributed by atoms with E-state index in [2.05, 4.69) is 5.32 Å². The fraction of sp³-hybridized carbons (Fsp3) is 0.353. The van der Waals surface area contributed by atoms with Crippen molar-refractivity contribution < 1.29 is 19.5 Å². The molecule has 2 saturated heterocycles. The Morgan fingerprint density at radius 2 is 1.96 bits per heavy atom. The lowest BCUT2D eigenvalue weighted by Crippen LogP contribution is -2.70. The highest BCUT2D eigenvalue weighted by Gasteiger charge is 2.64. The van der Waals surface area contributed by atoms with Crippen LogP contribution < -0.4 is 5.32 Å². The number of β-lactam (4-membered cyclic amide) rings is 1. The predicted molar refractivity (Wildman–Crippen MR) is 91.1 cm³/mol. The van der Waals surface area contributed by atoms with Crippen LogP contribution in [0, 0.1) is 0 Å². The van der Waals surface area contributed by atoms with Gasteiger partial charge in [0.25, 0.3) is 0 Å². The summed E-state index contributed by atoms with van der Waals surface area (Å²) in [5.74, 6) is -1.72. The third-order valence-electron chi connectivity index (χ3n) is 4.20. The van der Waals surface area contributed by atoms with Crippen LogP contribution >= 0.6 is 11.8 Å². The number of carbonyl (C=O) groups excluding carboxylic acids is 2. The highest BCUT2D eigenvalue weighted by atomic mass is 32.2. The van der Waals surface area contributed by atoms with Crippen LogP contribution in [0.1, 0.15) is 19.4 Å². The topological polar surface area (TPSA) is 86.7 Å². The van der Waals surface area contributed by atoms with E-state index < -0.39 is 22.8 Å². The maximum Gasteiger partial charge on any atom is 0.327 e. The molecule has 0 spiro atoms. The Bertz CT molecular complexity index is 717. The van der Waals surface area contributed by atoms with E-state index in [9.17, 15) is 19.5 Å². The maximum atomic E-state index is 12.3. The number of nitrogens with one attached hydrogen (secondary N) is 1. The van der Waals surface area contributed by atoms with Gasteiger partial charge in [-0.05, 0) is 25.5 Å². The lowest BCUT2D eigenvalue weighted by atomic mass is 9.96. The van der Waals surface area contributed by atoms with Gasteiger partial charge in [-0.1, -0.05) is 30.3 Å². The minimum Gasteiger partial charge on any atom is -0.480 e. The number of nitrogens with zero attached hydrogens (tertiary/aromatic N) is 1. The van der Waals surface area contributed by atoms with Crippen LogP contribution in [0.5, 0.6) is 0 Å². The Morgan fingerprint density at radius 3 is 2.58 bits per heavy atom. The van der Waals surface area contributed by atoms with Crippen molar-refractivity contribution >= 4 is 35.6 Å². The lowest BCUT2D eigenvalue weighted by molar-refractivity contribution is -0.160. The van der Waals surface area contributed by atoms with E-state index in [4.69, 9.17) is 0 Å². The van der Waals surface area contributed by atoms with Crippen molar-refractivity contribution in [2.45, 2.75) is 36.1 Å². The van der Waals surface area contributed by atoms with Gasteiger partial charge in [0.2, 0.25) is 11.8 Å². The van der Waals surface area contributed by atoms with Crippen LogP contribution in [0.25, 0.3) is 6.08 Å². The lowest BCUT2D eigenvalue weighted by Gasteiger charge is -2.43. The van der Waals surface area contributed by atoms with E-state index in [0.29, 0.717) is 0 Å². The molecule has 0 aromatic heterocycles. The molecule has 1 aromatic rings. The van der Waals surface area contributed by atoms with Crippen LogP contribution in [0.2, 0.25) is 0 Å². The second-order valence-electron chi connectivity index (χ2n) is 6.33. The molecule has 0 unspecified atom stereocenters. The molecular formula is C17H18N2O4S. The van der Waals surface area contributed by atoms with Gasteiger partial charge < -0.3 is 15.3 Å². The maximum absolute atomic E-state index is 12.3. The molecule has 0 bridgehead atoms. The van der Waals surface area contributed by atoms with Crippen LogP contribution in [0.3, 0.4) is 0 Å². The number of hydrogen-bond acceptors (Lipinski definition) is 4. The highest BCUT2D eigenvalue weighted by Crippen LogP contribution is 2.50. The summed E-state index contributed by atoms with van der Waals surface area (Å²) in [4.78, 5) is 37.1. The average molecular weight is 346 g/mol. The highest BCUT2D eigenvalue weighted by molar-refractivity contribution is 8.01. The zero-order chi connectivity index (χ0) is 17.5. The molecule has 3 rings (SSSR count). The van der Waals surface area contributed by atoms with Crippen molar-refractivity contribution in [1.29, 1.82) is 0 Å². The molecule has 6 nitrogen and oxygen atoms in total. The number of aliphatic carboxylic acids is 1. The van der Waals surface area contributed by atoms with Crippen molar-refractivity contribution in [1.82, 2.24) is 10.2 Å². The molecule has 0 radical (unpaired) electrons. The third-order valence-corrected chi connectivity index (χ3v) is 5.77. The first-order valence-corrected chi connectivity index (χ1v) is 8.45. The molecule has 2 aliphatic heterocycles. The van der Waals surface area contributed by atoms with Crippen LogP contribution in [0.4, 0.5) is 0 Å². The number of fused-ring (bicyclic) bond motifs is 1. The van der Waals surface area contributed by atoms with Gasteiger partial charge in [0, 0.05) is 10.8 Å². The monoisotopic (exact) mass is 346 g/mol. The summed E-state index contributed by atoms with van der Waals surface area (Å²) < 4.78 is -0.592. The molecule has 7 heteroatoms. The van der Waals surface area contributed by atoms with E-state index in [1.54, 1.807) is 19.9 Å². The Labute approximate surface area is 143 Å². The van der Waals surface area contributed by atoms with E-state index in [-0.39, 0.29) is 17.2 Å².